The molecule has 3 N–H and O–H groups in total. The lowest BCUT2D eigenvalue weighted by Crippen LogP contribution is -2.23. The SMILES string of the molecule is CCc1nc(C(N)C(=O)O)cc(N(C)C)n1. The number of hydrogen-bond acceptors (Lipinski definition) is 5. The minimum atomic E-state index is -1.10. The fourth-order valence-corrected chi connectivity index (χ4v) is 1.18. The number of carboxylic acids is 1. The van der Waals surface area contributed by atoms with Gasteiger partial charge in [0.15, 0.2) is 0 Å². The van der Waals surface area contributed by atoms with Gasteiger partial charge in [0.25, 0.3) is 0 Å². The molecule has 1 unspecified atom stereocenters. The van der Waals surface area contributed by atoms with Crippen molar-refractivity contribution >= 4 is 11.8 Å². The van der Waals surface area contributed by atoms with Crippen LogP contribution in [0.15, 0.2) is 6.07 Å². The second-order valence-electron chi connectivity index (χ2n) is 3.63. The van der Waals surface area contributed by atoms with Crippen LogP contribution in [0.2, 0.25) is 0 Å². The topological polar surface area (TPSA) is 92.3 Å². The maximum absolute atomic E-state index is 10.8. The van der Waals surface area contributed by atoms with Crippen molar-refractivity contribution in [1.29, 1.82) is 0 Å². The zero-order chi connectivity index (χ0) is 12.3. The Labute approximate surface area is 94.1 Å². The third-order valence-corrected chi connectivity index (χ3v) is 2.14. The number of nitrogens with zero attached hydrogens (tertiary/aromatic N) is 3. The number of nitrogens with two attached hydrogens (primary N) is 1. The number of anilines is 1. The zero-order valence-electron chi connectivity index (χ0n) is 9.64. The predicted molar refractivity (Wildman–Crippen MR) is 60.3 cm³/mol. The fraction of sp³-hybridized carbons (Fsp3) is 0.500. The van der Waals surface area contributed by atoms with Gasteiger partial charge >= 0.3 is 5.97 Å². The van der Waals surface area contributed by atoms with Crippen LogP contribution in [0.5, 0.6) is 0 Å². The summed E-state index contributed by atoms with van der Waals surface area (Å²) in [6.07, 6.45) is 0.640. The first kappa shape index (κ1) is 12.4. The van der Waals surface area contributed by atoms with E-state index < -0.39 is 12.0 Å². The molecule has 0 aliphatic carbocycles. The lowest BCUT2D eigenvalue weighted by molar-refractivity contribution is -0.138. The summed E-state index contributed by atoms with van der Waals surface area (Å²) in [6, 6.07) is 0.491. The lowest BCUT2D eigenvalue weighted by atomic mass is 10.2. The van der Waals surface area contributed by atoms with Crippen LogP contribution in [0.1, 0.15) is 24.5 Å². The molecule has 0 radical (unpaired) electrons. The van der Waals surface area contributed by atoms with E-state index in [9.17, 15) is 4.79 Å². The molecule has 6 heteroatoms. The number of rotatable bonds is 4. The first-order valence-corrected chi connectivity index (χ1v) is 4.99. The molecule has 0 saturated carbocycles. The highest BCUT2D eigenvalue weighted by Crippen LogP contribution is 2.15. The first-order chi connectivity index (χ1) is 7.45. The van der Waals surface area contributed by atoms with Gasteiger partial charge in [0.2, 0.25) is 0 Å². The lowest BCUT2D eigenvalue weighted by Gasteiger charge is -2.15. The van der Waals surface area contributed by atoms with E-state index in [1.807, 2.05) is 21.0 Å². The maximum Gasteiger partial charge on any atom is 0.326 e. The molecule has 1 rings (SSSR count). The molecule has 0 aliphatic heterocycles. The summed E-state index contributed by atoms with van der Waals surface area (Å²) in [5.74, 6) is 0.168. The van der Waals surface area contributed by atoms with E-state index in [0.717, 1.165) is 0 Å². The Balaban J connectivity index is 3.18. The van der Waals surface area contributed by atoms with Crippen LogP contribution >= 0.6 is 0 Å². The molecule has 0 saturated heterocycles. The van der Waals surface area contributed by atoms with E-state index in [4.69, 9.17) is 10.8 Å². The Morgan fingerprint density at radius 3 is 2.62 bits per heavy atom. The Kier molecular flexibility index (Phi) is 3.78. The summed E-state index contributed by atoms with van der Waals surface area (Å²) in [5.41, 5.74) is 5.86. The molecule has 1 heterocycles. The number of aliphatic carboxylic acids is 1. The van der Waals surface area contributed by atoms with Crippen LogP contribution in [0.3, 0.4) is 0 Å². The Morgan fingerprint density at radius 2 is 2.19 bits per heavy atom. The number of hydrogen-bond donors (Lipinski definition) is 2. The Morgan fingerprint density at radius 1 is 1.56 bits per heavy atom. The third-order valence-electron chi connectivity index (χ3n) is 2.14. The molecule has 0 fully saturated rings. The van der Waals surface area contributed by atoms with Crippen molar-refractivity contribution in [3.05, 3.63) is 17.6 Å². The van der Waals surface area contributed by atoms with Gasteiger partial charge in [-0.1, -0.05) is 6.92 Å². The van der Waals surface area contributed by atoms with Crippen LogP contribution in [0.25, 0.3) is 0 Å². The van der Waals surface area contributed by atoms with Crippen LogP contribution in [0.4, 0.5) is 5.82 Å². The summed E-state index contributed by atoms with van der Waals surface area (Å²) in [7, 11) is 3.66. The van der Waals surface area contributed by atoms with Crippen LogP contribution in [-0.4, -0.2) is 35.1 Å². The van der Waals surface area contributed by atoms with Crippen molar-refractivity contribution < 1.29 is 9.90 Å². The van der Waals surface area contributed by atoms with E-state index >= 15 is 0 Å². The van der Waals surface area contributed by atoms with Gasteiger partial charge in [0.05, 0.1) is 5.69 Å². The number of aromatic nitrogens is 2. The van der Waals surface area contributed by atoms with Gasteiger partial charge in [-0.3, -0.25) is 4.79 Å². The maximum atomic E-state index is 10.8. The van der Waals surface area contributed by atoms with E-state index in [-0.39, 0.29) is 0 Å². The number of carboxylic acid groups (broad SMARTS) is 1. The summed E-state index contributed by atoms with van der Waals surface area (Å²) in [4.78, 5) is 20.9. The highest BCUT2D eigenvalue weighted by Gasteiger charge is 2.18. The van der Waals surface area contributed by atoms with Crippen molar-refractivity contribution in [2.24, 2.45) is 5.73 Å². The molecular formula is C10H16N4O2. The molecular weight excluding hydrogens is 208 g/mol. The zero-order valence-corrected chi connectivity index (χ0v) is 9.64. The first-order valence-electron chi connectivity index (χ1n) is 4.99. The van der Waals surface area contributed by atoms with E-state index in [0.29, 0.717) is 23.8 Å². The summed E-state index contributed by atoms with van der Waals surface area (Å²) in [6.45, 7) is 1.91. The minimum absolute atomic E-state index is 0.336. The van der Waals surface area contributed by atoms with Crippen molar-refractivity contribution in [3.8, 4) is 0 Å². The molecule has 1 aromatic heterocycles. The summed E-state index contributed by atoms with van der Waals surface area (Å²) in [5, 5.41) is 8.83. The fourth-order valence-electron chi connectivity index (χ4n) is 1.18. The van der Waals surface area contributed by atoms with Crippen LogP contribution < -0.4 is 10.6 Å². The monoisotopic (exact) mass is 224 g/mol. The largest absolute Gasteiger partial charge is 0.480 e. The average Bonchev–Trinajstić information content (AvgIpc) is 2.27. The Bertz CT molecular complexity index is 392. The molecule has 88 valence electrons. The van der Waals surface area contributed by atoms with E-state index in [1.165, 1.54) is 0 Å². The molecule has 0 amide bonds. The van der Waals surface area contributed by atoms with Crippen LogP contribution in [0, 0.1) is 0 Å². The smallest absolute Gasteiger partial charge is 0.326 e. The molecule has 0 aliphatic rings. The Hall–Kier alpha value is -1.69. The van der Waals surface area contributed by atoms with Gasteiger partial charge in [-0.05, 0) is 0 Å². The van der Waals surface area contributed by atoms with Crippen molar-refractivity contribution in [3.63, 3.8) is 0 Å². The molecule has 1 atom stereocenters. The van der Waals surface area contributed by atoms with Crippen molar-refractivity contribution in [1.82, 2.24) is 9.97 Å². The molecule has 6 nitrogen and oxygen atoms in total. The molecule has 0 spiro atoms. The van der Waals surface area contributed by atoms with Crippen molar-refractivity contribution in [2.75, 3.05) is 19.0 Å². The van der Waals surface area contributed by atoms with Crippen LogP contribution in [-0.2, 0) is 11.2 Å². The normalized spacial score (nSPS) is 12.2. The van der Waals surface area contributed by atoms with Crippen molar-refractivity contribution in [2.45, 2.75) is 19.4 Å². The van der Waals surface area contributed by atoms with Gasteiger partial charge in [0, 0.05) is 26.6 Å². The summed E-state index contributed by atoms with van der Waals surface area (Å²) >= 11 is 0. The van der Waals surface area contributed by atoms with Gasteiger partial charge in [0.1, 0.15) is 17.7 Å². The molecule has 1 aromatic rings. The molecule has 16 heavy (non-hydrogen) atoms. The molecule has 0 bridgehead atoms. The average molecular weight is 224 g/mol. The van der Waals surface area contributed by atoms with Gasteiger partial charge < -0.3 is 15.7 Å². The third kappa shape index (κ3) is 2.66. The summed E-state index contributed by atoms with van der Waals surface area (Å²) < 4.78 is 0. The molecule has 0 aromatic carbocycles. The van der Waals surface area contributed by atoms with Gasteiger partial charge in [-0.15, -0.1) is 0 Å². The van der Waals surface area contributed by atoms with Gasteiger partial charge in [-0.2, -0.15) is 0 Å². The van der Waals surface area contributed by atoms with E-state index in [2.05, 4.69) is 9.97 Å². The minimum Gasteiger partial charge on any atom is -0.480 e. The standard InChI is InChI=1S/C10H16N4O2/c1-4-7-12-6(9(11)10(15)16)5-8(13-7)14(2)3/h5,9H,4,11H2,1-3H3,(H,15,16). The van der Waals surface area contributed by atoms with E-state index in [1.54, 1.807) is 11.0 Å². The second-order valence-corrected chi connectivity index (χ2v) is 3.63. The predicted octanol–water partition coefficient (Wildman–Crippen LogP) is 0.189. The highest BCUT2D eigenvalue weighted by molar-refractivity contribution is 5.74. The second kappa shape index (κ2) is 4.89. The quantitative estimate of drug-likeness (QED) is 0.758. The number of carbonyl (C=O) groups is 1. The van der Waals surface area contributed by atoms with Gasteiger partial charge in [-0.25, -0.2) is 9.97 Å². The number of aryl methyl sites for hydroxylation is 1. The highest BCUT2D eigenvalue weighted by atomic mass is 16.4.